The van der Waals surface area contributed by atoms with Gasteiger partial charge in [-0.2, -0.15) is 0 Å². The number of hydrogen-bond acceptors (Lipinski definition) is 5. The van der Waals surface area contributed by atoms with Gasteiger partial charge in [0.15, 0.2) is 0 Å². The van der Waals surface area contributed by atoms with Crippen molar-refractivity contribution in [2.75, 3.05) is 6.61 Å². The Labute approximate surface area is 147 Å². The summed E-state index contributed by atoms with van der Waals surface area (Å²) in [4.78, 5) is 34.7. The van der Waals surface area contributed by atoms with Crippen molar-refractivity contribution in [1.29, 1.82) is 0 Å². The van der Waals surface area contributed by atoms with E-state index in [1.54, 1.807) is 20.8 Å². The van der Waals surface area contributed by atoms with Crippen LogP contribution in [0.25, 0.3) is 0 Å². The molecule has 1 atom stereocenters. The summed E-state index contributed by atoms with van der Waals surface area (Å²) < 4.78 is 10.3. The van der Waals surface area contributed by atoms with E-state index in [9.17, 15) is 14.4 Å². The molecular formula is C18H25NO6. The van der Waals surface area contributed by atoms with Crippen molar-refractivity contribution >= 4 is 18.0 Å². The van der Waals surface area contributed by atoms with E-state index in [0.717, 1.165) is 5.56 Å². The highest BCUT2D eigenvalue weighted by atomic mass is 16.6. The largest absolute Gasteiger partial charge is 0.481 e. The molecule has 25 heavy (non-hydrogen) atoms. The number of rotatable bonds is 8. The fourth-order valence-electron chi connectivity index (χ4n) is 1.99. The Kier molecular flexibility index (Phi) is 7.91. The van der Waals surface area contributed by atoms with Gasteiger partial charge in [0, 0.05) is 12.8 Å². The highest BCUT2D eigenvalue weighted by Gasteiger charge is 2.25. The number of esters is 1. The predicted octanol–water partition coefficient (Wildman–Crippen LogP) is 2.53. The van der Waals surface area contributed by atoms with Crippen LogP contribution in [0.4, 0.5) is 4.79 Å². The first kappa shape index (κ1) is 20.5. The summed E-state index contributed by atoms with van der Waals surface area (Å²) in [7, 11) is 0. The number of carbonyl (C=O) groups excluding carboxylic acids is 2. The third-order valence-corrected chi connectivity index (χ3v) is 3.04. The monoisotopic (exact) mass is 351 g/mol. The molecule has 0 heterocycles. The fraction of sp³-hybridized carbons (Fsp3) is 0.500. The second kappa shape index (κ2) is 9.66. The summed E-state index contributed by atoms with van der Waals surface area (Å²) in [5.74, 6) is -1.58. The number of nitrogens with one attached hydrogen (secondary N) is 1. The van der Waals surface area contributed by atoms with Crippen molar-refractivity contribution in [3.63, 3.8) is 0 Å². The smallest absolute Gasteiger partial charge is 0.408 e. The molecule has 2 N–H and O–H groups in total. The van der Waals surface area contributed by atoms with Gasteiger partial charge in [-0.3, -0.25) is 4.79 Å². The number of amides is 1. The molecule has 1 amide bonds. The van der Waals surface area contributed by atoms with E-state index in [-0.39, 0.29) is 25.9 Å². The number of carboxylic acid groups (broad SMARTS) is 1. The van der Waals surface area contributed by atoms with Crippen LogP contribution in [0.15, 0.2) is 30.3 Å². The van der Waals surface area contributed by atoms with Gasteiger partial charge in [-0.1, -0.05) is 30.3 Å². The molecule has 138 valence electrons. The molecule has 0 saturated heterocycles. The van der Waals surface area contributed by atoms with Crippen molar-refractivity contribution in [2.45, 2.75) is 51.7 Å². The Bertz CT molecular complexity index is 579. The van der Waals surface area contributed by atoms with Crippen molar-refractivity contribution in [3.05, 3.63) is 35.9 Å². The van der Waals surface area contributed by atoms with Crippen LogP contribution in [-0.2, 0) is 25.5 Å². The quantitative estimate of drug-likeness (QED) is 0.551. The van der Waals surface area contributed by atoms with E-state index in [2.05, 4.69) is 5.32 Å². The average Bonchev–Trinajstić information content (AvgIpc) is 2.49. The van der Waals surface area contributed by atoms with Crippen LogP contribution in [0.1, 0.15) is 39.2 Å². The number of aliphatic carboxylic acids is 1. The molecule has 0 aromatic heterocycles. The maximum Gasteiger partial charge on any atom is 0.408 e. The Hall–Kier alpha value is -2.57. The lowest BCUT2D eigenvalue weighted by Gasteiger charge is -2.23. The minimum Gasteiger partial charge on any atom is -0.481 e. The van der Waals surface area contributed by atoms with Gasteiger partial charge in [-0.25, -0.2) is 9.59 Å². The molecule has 0 fully saturated rings. The minimum absolute atomic E-state index is 0.0214. The SMILES string of the molecule is CC(C)(C)OC(=O)N[C@@H](Cc1ccccc1)C(=O)OCCCC(=O)O. The van der Waals surface area contributed by atoms with Crippen LogP contribution >= 0.6 is 0 Å². The second-order valence-electron chi connectivity index (χ2n) is 6.55. The number of alkyl carbamates (subject to hydrolysis) is 1. The van der Waals surface area contributed by atoms with Crippen LogP contribution in [0, 0.1) is 0 Å². The minimum atomic E-state index is -0.955. The van der Waals surface area contributed by atoms with Gasteiger partial charge in [0.05, 0.1) is 6.61 Å². The maximum atomic E-state index is 12.3. The second-order valence-corrected chi connectivity index (χ2v) is 6.55. The lowest BCUT2D eigenvalue weighted by atomic mass is 10.1. The number of benzene rings is 1. The van der Waals surface area contributed by atoms with Gasteiger partial charge in [-0.15, -0.1) is 0 Å². The predicted molar refractivity (Wildman–Crippen MR) is 91.1 cm³/mol. The first-order chi connectivity index (χ1) is 11.7. The van der Waals surface area contributed by atoms with Gasteiger partial charge < -0.3 is 19.9 Å². The molecular weight excluding hydrogens is 326 g/mol. The molecule has 0 bridgehead atoms. The van der Waals surface area contributed by atoms with E-state index in [1.807, 2.05) is 30.3 Å². The zero-order valence-electron chi connectivity index (χ0n) is 14.8. The van der Waals surface area contributed by atoms with Gasteiger partial charge in [-0.05, 0) is 32.8 Å². The first-order valence-electron chi connectivity index (χ1n) is 8.09. The Morgan fingerprint density at radius 1 is 1.16 bits per heavy atom. The number of ether oxygens (including phenoxy) is 2. The zero-order chi connectivity index (χ0) is 18.9. The summed E-state index contributed by atoms with van der Waals surface area (Å²) >= 11 is 0. The van der Waals surface area contributed by atoms with E-state index >= 15 is 0 Å². The summed E-state index contributed by atoms with van der Waals surface area (Å²) in [5, 5.41) is 11.1. The molecule has 0 saturated carbocycles. The molecule has 0 aliphatic heterocycles. The summed E-state index contributed by atoms with van der Waals surface area (Å²) in [6.45, 7) is 5.15. The van der Waals surface area contributed by atoms with Crippen molar-refractivity contribution < 1.29 is 29.0 Å². The van der Waals surface area contributed by atoms with Crippen LogP contribution in [0.5, 0.6) is 0 Å². The van der Waals surface area contributed by atoms with Gasteiger partial charge >= 0.3 is 18.0 Å². The number of carboxylic acids is 1. The molecule has 0 aliphatic rings. The molecule has 0 aliphatic carbocycles. The highest BCUT2D eigenvalue weighted by molar-refractivity contribution is 5.81. The first-order valence-corrected chi connectivity index (χ1v) is 8.09. The lowest BCUT2D eigenvalue weighted by molar-refractivity contribution is -0.147. The Morgan fingerprint density at radius 2 is 1.80 bits per heavy atom. The molecule has 0 unspecified atom stereocenters. The van der Waals surface area contributed by atoms with E-state index in [1.165, 1.54) is 0 Å². The topological polar surface area (TPSA) is 102 Å². The Balaban J connectivity index is 2.68. The standard InChI is InChI=1S/C18H25NO6/c1-18(2,3)25-17(23)19-14(12-13-8-5-4-6-9-13)16(22)24-11-7-10-15(20)21/h4-6,8-9,14H,7,10-12H2,1-3H3,(H,19,23)(H,20,21)/t14-/m0/s1. The van der Waals surface area contributed by atoms with Crippen molar-refractivity contribution in [1.82, 2.24) is 5.32 Å². The molecule has 7 nitrogen and oxygen atoms in total. The van der Waals surface area contributed by atoms with Crippen LogP contribution < -0.4 is 5.32 Å². The third kappa shape index (κ3) is 9.34. The molecule has 1 aromatic rings. The number of carbonyl (C=O) groups is 3. The van der Waals surface area contributed by atoms with Crippen LogP contribution in [0.2, 0.25) is 0 Å². The molecule has 0 radical (unpaired) electrons. The molecule has 7 heteroatoms. The third-order valence-electron chi connectivity index (χ3n) is 3.04. The summed E-state index contributed by atoms with van der Waals surface area (Å²) in [5.41, 5.74) is 0.165. The van der Waals surface area contributed by atoms with Crippen LogP contribution in [0.3, 0.4) is 0 Å². The molecule has 0 spiro atoms. The van der Waals surface area contributed by atoms with Gasteiger partial charge in [0.1, 0.15) is 11.6 Å². The lowest BCUT2D eigenvalue weighted by Crippen LogP contribution is -2.45. The van der Waals surface area contributed by atoms with E-state index < -0.39 is 29.7 Å². The summed E-state index contributed by atoms with van der Waals surface area (Å²) in [6.07, 6.45) is -0.338. The van der Waals surface area contributed by atoms with E-state index in [0.29, 0.717) is 0 Å². The molecule has 1 aromatic carbocycles. The fourth-order valence-corrected chi connectivity index (χ4v) is 1.99. The Morgan fingerprint density at radius 3 is 2.36 bits per heavy atom. The normalized spacial score (nSPS) is 12.1. The van der Waals surface area contributed by atoms with Gasteiger partial charge in [0.2, 0.25) is 0 Å². The van der Waals surface area contributed by atoms with Gasteiger partial charge in [0.25, 0.3) is 0 Å². The summed E-state index contributed by atoms with van der Waals surface area (Å²) in [6, 6.07) is 8.27. The zero-order valence-corrected chi connectivity index (χ0v) is 14.8. The maximum absolute atomic E-state index is 12.3. The molecule has 1 rings (SSSR count). The average molecular weight is 351 g/mol. The number of hydrogen-bond donors (Lipinski definition) is 2. The highest BCUT2D eigenvalue weighted by Crippen LogP contribution is 2.09. The van der Waals surface area contributed by atoms with Crippen molar-refractivity contribution in [3.8, 4) is 0 Å². The van der Waals surface area contributed by atoms with E-state index in [4.69, 9.17) is 14.6 Å². The van der Waals surface area contributed by atoms with Crippen LogP contribution in [-0.4, -0.2) is 41.4 Å². The van der Waals surface area contributed by atoms with Crippen molar-refractivity contribution in [2.24, 2.45) is 0 Å².